The third kappa shape index (κ3) is 3.30. The molecule has 0 amide bonds. The standard InChI is InChI=1S/C20H23NO2S/c1-14(2)18-13-10-16-6-4-5-7-19(16)20(18)21-24(22,23)17-11-8-15(3)9-12-17/h4-9,11-12,18,20-21H,1,10,13H2,2-3H3/t18-,20+/m0/s1. The minimum atomic E-state index is -3.58. The van der Waals surface area contributed by atoms with Gasteiger partial charge in [-0.25, -0.2) is 13.1 Å². The molecule has 2 aromatic carbocycles. The lowest BCUT2D eigenvalue weighted by Crippen LogP contribution is -2.36. The van der Waals surface area contributed by atoms with E-state index in [-0.39, 0.29) is 12.0 Å². The third-order valence-corrected chi connectivity index (χ3v) is 6.22. The van der Waals surface area contributed by atoms with Gasteiger partial charge in [0.25, 0.3) is 0 Å². The summed E-state index contributed by atoms with van der Waals surface area (Å²) in [6.07, 6.45) is 1.86. The molecule has 0 aromatic heterocycles. The molecule has 0 fully saturated rings. The van der Waals surface area contributed by atoms with Crippen molar-refractivity contribution in [3.63, 3.8) is 0 Å². The Kier molecular flexibility index (Phi) is 4.61. The Balaban J connectivity index is 1.99. The van der Waals surface area contributed by atoms with Gasteiger partial charge in [0.1, 0.15) is 0 Å². The molecular weight excluding hydrogens is 318 g/mol. The quantitative estimate of drug-likeness (QED) is 0.849. The lowest BCUT2D eigenvalue weighted by Gasteiger charge is -2.34. The highest BCUT2D eigenvalue weighted by atomic mass is 32.2. The fraction of sp³-hybridized carbons (Fsp3) is 0.300. The zero-order valence-electron chi connectivity index (χ0n) is 14.1. The Morgan fingerprint density at radius 3 is 2.46 bits per heavy atom. The van der Waals surface area contributed by atoms with Crippen LogP contribution in [0.4, 0.5) is 0 Å². The summed E-state index contributed by atoms with van der Waals surface area (Å²) in [7, 11) is -3.58. The van der Waals surface area contributed by atoms with Crippen molar-refractivity contribution >= 4 is 10.0 Å². The van der Waals surface area contributed by atoms with Gasteiger partial charge < -0.3 is 0 Å². The summed E-state index contributed by atoms with van der Waals surface area (Å²) in [4.78, 5) is 0.302. The molecule has 0 bridgehead atoms. The predicted octanol–water partition coefficient (Wildman–Crippen LogP) is 4.15. The van der Waals surface area contributed by atoms with Crippen molar-refractivity contribution in [2.75, 3.05) is 0 Å². The average molecular weight is 341 g/mol. The number of sulfonamides is 1. The van der Waals surface area contributed by atoms with Gasteiger partial charge in [-0.05, 0) is 49.9 Å². The molecule has 126 valence electrons. The molecule has 0 radical (unpaired) electrons. The van der Waals surface area contributed by atoms with Gasteiger partial charge in [-0.1, -0.05) is 54.1 Å². The number of hydrogen-bond donors (Lipinski definition) is 1. The largest absolute Gasteiger partial charge is 0.241 e. The normalized spacial score (nSPS) is 20.4. The van der Waals surface area contributed by atoms with Crippen molar-refractivity contribution in [2.45, 2.75) is 37.6 Å². The van der Waals surface area contributed by atoms with Crippen LogP contribution in [0, 0.1) is 12.8 Å². The molecule has 1 aliphatic carbocycles. The van der Waals surface area contributed by atoms with Crippen LogP contribution in [0.1, 0.15) is 36.1 Å². The summed E-state index contributed by atoms with van der Waals surface area (Å²) in [6.45, 7) is 8.00. The summed E-state index contributed by atoms with van der Waals surface area (Å²) < 4.78 is 28.6. The summed E-state index contributed by atoms with van der Waals surface area (Å²) in [5.41, 5.74) is 4.33. The smallest absolute Gasteiger partial charge is 0.207 e. The highest BCUT2D eigenvalue weighted by Gasteiger charge is 2.33. The molecule has 2 atom stereocenters. The lowest BCUT2D eigenvalue weighted by atomic mass is 9.77. The first-order chi connectivity index (χ1) is 11.4. The second kappa shape index (κ2) is 6.54. The maximum atomic E-state index is 12.8. The van der Waals surface area contributed by atoms with Crippen LogP contribution in [0.2, 0.25) is 0 Å². The first-order valence-electron chi connectivity index (χ1n) is 8.21. The lowest BCUT2D eigenvalue weighted by molar-refractivity contribution is 0.403. The number of nitrogens with one attached hydrogen (secondary N) is 1. The van der Waals surface area contributed by atoms with Crippen LogP contribution < -0.4 is 4.72 Å². The van der Waals surface area contributed by atoms with Gasteiger partial charge in [-0.15, -0.1) is 0 Å². The molecular formula is C20H23NO2S. The second-order valence-electron chi connectivity index (χ2n) is 6.60. The Morgan fingerprint density at radius 1 is 1.12 bits per heavy atom. The van der Waals surface area contributed by atoms with Crippen molar-refractivity contribution in [1.29, 1.82) is 0 Å². The van der Waals surface area contributed by atoms with E-state index in [9.17, 15) is 8.42 Å². The fourth-order valence-electron chi connectivity index (χ4n) is 3.39. The van der Waals surface area contributed by atoms with Crippen molar-refractivity contribution in [1.82, 2.24) is 4.72 Å². The summed E-state index contributed by atoms with van der Waals surface area (Å²) >= 11 is 0. The van der Waals surface area contributed by atoms with Crippen LogP contribution in [0.5, 0.6) is 0 Å². The number of hydrogen-bond acceptors (Lipinski definition) is 2. The topological polar surface area (TPSA) is 46.2 Å². The Labute approximate surface area is 144 Å². The van der Waals surface area contributed by atoms with Crippen LogP contribution >= 0.6 is 0 Å². The highest BCUT2D eigenvalue weighted by Crippen LogP contribution is 2.38. The SMILES string of the molecule is C=C(C)[C@@H]1CCc2ccccc2[C@@H]1NS(=O)(=O)c1ccc(C)cc1. The molecule has 0 saturated heterocycles. The molecule has 3 rings (SSSR count). The highest BCUT2D eigenvalue weighted by molar-refractivity contribution is 7.89. The van der Waals surface area contributed by atoms with E-state index < -0.39 is 10.0 Å². The Morgan fingerprint density at radius 2 is 1.79 bits per heavy atom. The monoisotopic (exact) mass is 341 g/mol. The van der Waals surface area contributed by atoms with E-state index >= 15 is 0 Å². The molecule has 0 heterocycles. The van der Waals surface area contributed by atoms with Gasteiger partial charge in [-0.3, -0.25) is 0 Å². The van der Waals surface area contributed by atoms with Gasteiger partial charge in [0.2, 0.25) is 10.0 Å². The molecule has 1 aliphatic rings. The summed E-state index contributed by atoms with van der Waals surface area (Å²) in [5, 5.41) is 0. The zero-order chi connectivity index (χ0) is 17.3. The van der Waals surface area contributed by atoms with Crippen molar-refractivity contribution < 1.29 is 8.42 Å². The molecule has 24 heavy (non-hydrogen) atoms. The van der Waals surface area contributed by atoms with Crippen LogP contribution in [-0.2, 0) is 16.4 Å². The fourth-order valence-corrected chi connectivity index (χ4v) is 4.64. The van der Waals surface area contributed by atoms with Gasteiger partial charge in [0, 0.05) is 5.92 Å². The second-order valence-corrected chi connectivity index (χ2v) is 8.32. The van der Waals surface area contributed by atoms with Gasteiger partial charge in [0.05, 0.1) is 10.9 Å². The van der Waals surface area contributed by atoms with E-state index in [1.165, 1.54) is 5.56 Å². The van der Waals surface area contributed by atoms with Gasteiger partial charge >= 0.3 is 0 Å². The predicted molar refractivity (Wildman–Crippen MR) is 97.3 cm³/mol. The van der Waals surface area contributed by atoms with Crippen LogP contribution in [0.15, 0.2) is 65.6 Å². The van der Waals surface area contributed by atoms with Crippen LogP contribution in [0.3, 0.4) is 0 Å². The Hall–Kier alpha value is -1.91. The molecule has 3 nitrogen and oxygen atoms in total. The average Bonchev–Trinajstić information content (AvgIpc) is 2.55. The molecule has 0 aliphatic heterocycles. The van der Waals surface area contributed by atoms with Crippen molar-refractivity contribution in [2.24, 2.45) is 5.92 Å². The van der Waals surface area contributed by atoms with Crippen LogP contribution in [0.25, 0.3) is 0 Å². The van der Waals surface area contributed by atoms with E-state index in [0.717, 1.165) is 29.5 Å². The minimum Gasteiger partial charge on any atom is -0.207 e. The zero-order valence-corrected chi connectivity index (χ0v) is 14.9. The molecule has 0 saturated carbocycles. The number of benzene rings is 2. The molecule has 2 aromatic rings. The van der Waals surface area contributed by atoms with Crippen molar-refractivity contribution in [3.05, 3.63) is 77.4 Å². The van der Waals surface area contributed by atoms with E-state index in [1.54, 1.807) is 12.1 Å². The van der Waals surface area contributed by atoms with Gasteiger partial charge in [-0.2, -0.15) is 0 Å². The van der Waals surface area contributed by atoms with E-state index in [0.29, 0.717) is 4.90 Å². The number of rotatable bonds is 4. The molecule has 4 heteroatoms. The van der Waals surface area contributed by atoms with E-state index in [2.05, 4.69) is 17.4 Å². The van der Waals surface area contributed by atoms with Gasteiger partial charge in [0.15, 0.2) is 0 Å². The number of aryl methyl sites for hydroxylation is 2. The summed E-state index contributed by atoms with van der Waals surface area (Å²) in [5.74, 6) is 0.111. The molecule has 0 spiro atoms. The first kappa shape index (κ1) is 16.9. The molecule has 1 N–H and O–H groups in total. The van der Waals surface area contributed by atoms with Crippen LogP contribution in [-0.4, -0.2) is 8.42 Å². The van der Waals surface area contributed by atoms with Crippen molar-refractivity contribution in [3.8, 4) is 0 Å². The van der Waals surface area contributed by atoms with E-state index in [1.807, 2.05) is 44.2 Å². The maximum Gasteiger partial charge on any atom is 0.241 e. The van der Waals surface area contributed by atoms with E-state index in [4.69, 9.17) is 0 Å². The molecule has 0 unspecified atom stereocenters. The maximum absolute atomic E-state index is 12.8. The first-order valence-corrected chi connectivity index (χ1v) is 9.69. The third-order valence-electron chi connectivity index (χ3n) is 4.76. The Bertz CT molecular complexity index is 853. The summed E-state index contributed by atoms with van der Waals surface area (Å²) in [6, 6.07) is 14.8. The number of fused-ring (bicyclic) bond motifs is 1. The minimum absolute atomic E-state index is 0.111.